The molecule has 1 aliphatic heterocycles. The molecule has 3 heteroatoms. The van der Waals surface area contributed by atoms with E-state index in [-0.39, 0.29) is 5.75 Å². The van der Waals surface area contributed by atoms with Crippen LogP contribution in [0.5, 0.6) is 5.75 Å². The Morgan fingerprint density at radius 2 is 2.25 bits per heavy atom. The molecule has 0 aromatic heterocycles. The Hall–Kier alpha value is -1.25. The number of hydrogen-bond acceptors (Lipinski definition) is 2. The summed E-state index contributed by atoms with van der Waals surface area (Å²) in [5.74, 6) is -0.725. The van der Waals surface area contributed by atoms with Crippen molar-refractivity contribution in [1.29, 1.82) is 0 Å². The lowest BCUT2D eigenvalue weighted by Crippen LogP contribution is -2.12. The van der Waals surface area contributed by atoms with Gasteiger partial charge in [-0.05, 0) is 25.0 Å². The minimum absolute atomic E-state index is 0.252. The van der Waals surface area contributed by atoms with E-state index in [0.717, 1.165) is 18.7 Å². The van der Waals surface area contributed by atoms with E-state index < -0.39 is 5.82 Å². The highest BCUT2D eigenvalue weighted by molar-refractivity contribution is 5.56. The van der Waals surface area contributed by atoms with Gasteiger partial charge in [0, 0.05) is 17.8 Å². The number of aromatic hydroxyl groups is 1. The van der Waals surface area contributed by atoms with Crippen molar-refractivity contribution in [1.82, 2.24) is 0 Å². The fraction of sp³-hybridized carbons (Fsp3) is 0.333. The smallest absolute Gasteiger partial charge is 0.170 e. The second kappa shape index (κ2) is 2.66. The van der Waals surface area contributed by atoms with Gasteiger partial charge < -0.3 is 10.4 Å². The van der Waals surface area contributed by atoms with Gasteiger partial charge in [0.05, 0.1) is 0 Å². The van der Waals surface area contributed by atoms with Crippen LogP contribution >= 0.6 is 0 Å². The predicted octanol–water partition coefficient (Wildman–Crippen LogP) is 1.89. The van der Waals surface area contributed by atoms with Crippen molar-refractivity contribution >= 4 is 5.69 Å². The van der Waals surface area contributed by atoms with E-state index in [4.69, 9.17) is 5.11 Å². The molecule has 0 bridgehead atoms. The minimum atomic E-state index is -0.472. The summed E-state index contributed by atoms with van der Waals surface area (Å²) in [4.78, 5) is 0. The van der Waals surface area contributed by atoms with Crippen molar-refractivity contribution in [2.24, 2.45) is 0 Å². The van der Waals surface area contributed by atoms with Crippen molar-refractivity contribution < 1.29 is 9.50 Å². The summed E-state index contributed by atoms with van der Waals surface area (Å²) in [5, 5.41) is 12.2. The second-order valence-corrected chi connectivity index (χ2v) is 2.96. The molecule has 2 nitrogen and oxygen atoms in total. The van der Waals surface area contributed by atoms with Crippen molar-refractivity contribution in [3.8, 4) is 5.75 Å². The van der Waals surface area contributed by atoms with Gasteiger partial charge in [0.2, 0.25) is 0 Å². The van der Waals surface area contributed by atoms with Crippen LogP contribution in [0.15, 0.2) is 12.1 Å². The normalized spacial score (nSPS) is 15.1. The van der Waals surface area contributed by atoms with E-state index >= 15 is 0 Å². The molecule has 1 aliphatic rings. The lowest BCUT2D eigenvalue weighted by Gasteiger charge is -2.18. The van der Waals surface area contributed by atoms with Crippen molar-refractivity contribution in [3.05, 3.63) is 23.5 Å². The summed E-state index contributed by atoms with van der Waals surface area (Å²) in [6, 6.07) is 3.10. The third-order valence-electron chi connectivity index (χ3n) is 2.14. The zero-order valence-corrected chi connectivity index (χ0v) is 6.60. The zero-order chi connectivity index (χ0) is 8.55. The molecule has 0 spiro atoms. The van der Waals surface area contributed by atoms with Crippen LogP contribution in [0.2, 0.25) is 0 Å². The van der Waals surface area contributed by atoms with Crippen molar-refractivity contribution in [2.75, 3.05) is 11.9 Å². The Morgan fingerprint density at radius 3 is 3.08 bits per heavy atom. The molecule has 2 rings (SSSR count). The number of anilines is 1. The highest BCUT2D eigenvalue weighted by Gasteiger charge is 2.15. The van der Waals surface area contributed by atoms with E-state index in [1.165, 1.54) is 6.07 Å². The Balaban J connectivity index is 2.54. The molecule has 64 valence electrons. The maximum atomic E-state index is 13.2. The first-order valence-corrected chi connectivity index (χ1v) is 4.03. The predicted molar refractivity (Wildman–Crippen MR) is 44.9 cm³/mol. The quantitative estimate of drug-likeness (QED) is 0.578. The maximum Gasteiger partial charge on any atom is 0.170 e. The first-order valence-electron chi connectivity index (χ1n) is 4.03. The molecule has 1 heterocycles. The van der Waals surface area contributed by atoms with Crippen LogP contribution in [0.3, 0.4) is 0 Å². The molecule has 0 radical (unpaired) electrons. The van der Waals surface area contributed by atoms with Crippen molar-refractivity contribution in [3.63, 3.8) is 0 Å². The molecule has 0 aliphatic carbocycles. The van der Waals surface area contributed by atoms with Gasteiger partial charge >= 0.3 is 0 Å². The number of phenolic OH excluding ortho intramolecular Hbond substituents is 1. The van der Waals surface area contributed by atoms with Crippen LogP contribution in [0.1, 0.15) is 12.0 Å². The zero-order valence-electron chi connectivity index (χ0n) is 6.60. The van der Waals surface area contributed by atoms with Gasteiger partial charge in [0.1, 0.15) is 0 Å². The topological polar surface area (TPSA) is 32.3 Å². The number of rotatable bonds is 0. The van der Waals surface area contributed by atoms with E-state index in [0.29, 0.717) is 12.0 Å². The van der Waals surface area contributed by atoms with E-state index in [9.17, 15) is 4.39 Å². The van der Waals surface area contributed by atoms with E-state index in [1.54, 1.807) is 6.07 Å². The molecule has 2 N–H and O–H groups in total. The van der Waals surface area contributed by atoms with Crippen LogP contribution in [0, 0.1) is 5.82 Å². The lowest BCUT2D eigenvalue weighted by molar-refractivity contribution is 0.428. The lowest BCUT2D eigenvalue weighted by atomic mass is 10.0. The first-order chi connectivity index (χ1) is 5.79. The number of benzene rings is 1. The number of halogens is 1. The number of hydrogen-bond donors (Lipinski definition) is 2. The molecule has 0 unspecified atom stereocenters. The number of fused-ring (bicyclic) bond motifs is 1. The van der Waals surface area contributed by atoms with Crippen LogP contribution in [0.4, 0.5) is 10.1 Å². The van der Waals surface area contributed by atoms with Gasteiger partial charge in [-0.2, -0.15) is 0 Å². The number of phenols is 1. The molecular formula is C9H10FNO. The molecule has 1 aromatic rings. The summed E-state index contributed by atoms with van der Waals surface area (Å²) >= 11 is 0. The van der Waals surface area contributed by atoms with Gasteiger partial charge in [-0.1, -0.05) is 0 Å². The fourth-order valence-corrected chi connectivity index (χ4v) is 1.51. The van der Waals surface area contributed by atoms with Crippen LogP contribution < -0.4 is 5.32 Å². The SMILES string of the molecule is Oc1ccc2c(c1F)CCCN2. The summed E-state index contributed by atoms with van der Waals surface area (Å²) in [7, 11) is 0. The molecule has 0 saturated heterocycles. The summed E-state index contributed by atoms with van der Waals surface area (Å²) in [6.45, 7) is 0.886. The number of nitrogens with one attached hydrogen (secondary N) is 1. The average Bonchev–Trinajstić information content (AvgIpc) is 2.12. The van der Waals surface area contributed by atoms with Gasteiger partial charge in [-0.3, -0.25) is 0 Å². The fourth-order valence-electron chi connectivity index (χ4n) is 1.51. The van der Waals surface area contributed by atoms with E-state index in [1.807, 2.05) is 0 Å². The molecule has 0 atom stereocenters. The Bertz CT molecular complexity index is 312. The molecule has 1 aromatic carbocycles. The Labute approximate surface area is 70.0 Å². The molecule has 0 saturated carbocycles. The largest absolute Gasteiger partial charge is 0.505 e. The van der Waals surface area contributed by atoms with Crippen LogP contribution in [-0.4, -0.2) is 11.7 Å². The molecule has 0 amide bonds. The standard InChI is InChI=1S/C9H10FNO/c10-9-6-2-1-5-11-7(6)3-4-8(9)12/h3-4,11-12H,1-2,5H2. The summed E-state index contributed by atoms with van der Waals surface area (Å²) in [5.41, 5.74) is 1.43. The average molecular weight is 167 g/mol. The van der Waals surface area contributed by atoms with Gasteiger partial charge in [-0.15, -0.1) is 0 Å². The third-order valence-corrected chi connectivity index (χ3v) is 2.14. The van der Waals surface area contributed by atoms with Crippen molar-refractivity contribution in [2.45, 2.75) is 12.8 Å². The Morgan fingerprint density at radius 1 is 1.42 bits per heavy atom. The van der Waals surface area contributed by atoms with Gasteiger partial charge in [-0.25, -0.2) is 4.39 Å². The highest BCUT2D eigenvalue weighted by Crippen LogP contribution is 2.29. The third kappa shape index (κ3) is 1.02. The summed E-state index contributed by atoms with van der Waals surface area (Å²) in [6.07, 6.45) is 1.63. The minimum Gasteiger partial charge on any atom is -0.505 e. The molecular weight excluding hydrogens is 157 g/mol. The van der Waals surface area contributed by atoms with Crippen LogP contribution in [-0.2, 0) is 6.42 Å². The first kappa shape index (κ1) is 7.40. The van der Waals surface area contributed by atoms with Gasteiger partial charge in [0.15, 0.2) is 11.6 Å². The maximum absolute atomic E-state index is 13.2. The van der Waals surface area contributed by atoms with E-state index in [2.05, 4.69) is 5.32 Å². The second-order valence-electron chi connectivity index (χ2n) is 2.96. The Kier molecular flexibility index (Phi) is 1.64. The molecule has 0 fully saturated rings. The molecule has 12 heavy (non-hydrogen) atoms. The van der Waals surface area contributed by atoms with Gasteiger partial charge in [0.25, 0.3) is 0 Å². The summed E-state index contributed by atoms with van der Waals surface area (Å²) < 4.78 is 13.2. The van der Waals surface area contributed by atoms with Crippen LogP contribution in [0.25, 0.3) is 0 Å². The monoisotopic (exact) mass is 167 g/mol. The highest BCUT2D eigenvalue weighted by atomic mass is 19.1.